The van der Waals surface area contributed by atoms with E-state index in [0.717, 1.165) is 81.9 Å². The Hall–Kier alpha value is -2.82. The van der Waals surface area contributed by atoms with E-state index < -0.39 is 0 Å². The number of aliphatic hydroxyl groups is 6. The van der Waals surface area contributed by atoms with Gasteiger partial charge in [0.05, 0.1) is 0 Å². The molecule has 3 rings (SSSR count). The Balaban J connectivity index is -0.0000000297. The lowest BCUT2D eigenvalue weighted by Gasteiger charge is -1.69. The fraction of sp³-hybridized carbons (Fsp3) is 0.500. The van der Waals surface area contributed by atoms with E-state index in [1.165, 1.54) is 0 Å². The maximum Gasteiger partial charge on any atom is 0.0319 e. The van der Waals surface area contributed by atoms with Gasteiger partial charge in [-0.3, -0.25) is 0 Å². The molecule has 0 saturated heterocycles. The minimum absolute atomic E-state index is 0.750. The first-order valence-corrected chi connectivity index (χ1v) is 15.4. The van der Waals surface area contributed by atoms with Crippen LogP contribution in [0.1, 0.15) is 41.5 Å². The van der Waals surface area contributed by atoms with Crippen LogP contribution in [0.15, 0.2) is 109 Å². The molecule has 0 aliphatic rings. The Morgan fingerprint density at radius 3 is 0.250 bits per heavy atom. The molecule has 0 aromatic heterocycles. The molecule has 3 aromatic carbocycles. The van der Waals surface area contributed by atoms with Crippen molar-refractivity contribution in [2.75, 3.05) is 81.9 Å². The number of hydrogen-bond acceptors (Lipinski definition) is 12. The van der Waals surface area contributed by atoms with Crippen molar-refractivity contribution in [2.45, 2.75) is 41.5 Å². The summed E-state index contributed by atoms with van der Waals surface area (Å²) in [5, 5.41) is 42.0. The number of nitrogens with two attached hydrogens (primary N) is 6. The Kier molecular flexibility index (Phi) is 306. The number of benzene rings is 3. The van der Waals surface area contributed by atoms with Crippen LogP contribution >= 0.6 is 0 Å². The van der Waals surface area contributed by atoms with E-state index in [4.69, 9.17) is 65.0 Å². The van der Waals surface area contributed by atoms with Gasteiger partial charge in [0, 0.05) is 42.7 Å². The summed E-state index contributed by atoms with van der Waals surface area (Å²) in [6.07, 6.45) is 0. The van der Waals surface area contributed by atoms with Crippen molar-refractivity contribution in [3.63, 3.8) is 0 Å². The summed E-state index contributed by atoms with van der Waals surface area (Å²) in [6, 6.07) is 36.0. The van der Waals surface area contributed by atoms with Crippen LogP contribution in [0.5, 0.6) is 0 Å². The molecule has 48 heavy (non-hydrogen) atoms. The van der Waals surface area contributed by atoms with Crippen molar-refractivity contribution < 1.29 is 30.6 Å². The van der Waals surface area contributed by atoms with Crippen molar-refractivity contribution in [3.8, 4) is 0 Å². The molecule has 18 N–H and O–H groups in total. The van der Waals surface area contributed by atoms with Crippen LogP contribution in [0, 0.1) is 0 Å². The van der Waals surface area contributed by atoms with Crippen molar-refractivity contribution >= 4 is 0 Å². The standard InChI is InChI=1S/3C6H6.6C2H7N.6CH4O/c3*1-2-4-6-5-3-1;6*1-2-3;6*1-2/h3*1-6H;6*2-3H2,1H3;6*2H,1H3. The van der Waals surface area contributed by atoms with Crippen molar-refractivity contribution in [1.82, 2.24) is 0 Å². The summed E-state index contributed by atoms with van der Waals surface area (Å²) in [5.74, 6) is 0. The second-order valence-electron chi connectivity index (χ2n) is 5.91. The SMILES string of the molecule is CCN.CCN.CCN.CCN.CCN.CCN.CO.CO.CO.CO.CO.CO.c1ccccc1.c1ccccc1.c1ccccc1. The topological polar surface area (TPSA) is 278 Å². The van der Waals surface area contributed by atoms with E-state index in [-0.39, 0.29) is 0 Å². The lowest BCUT2D eigenvalue weighted by Crippen LogP contribution is -1.87. The molecule has 0 heterocycles. The van der Waals surface area contributed by atoms with Crippen molar-refractivity contribution in [3.05, 3.63) is 109 Å². The maximum absolute atomic E-state index is 7.00. The van der Waals surface area contributed by atoms with Gasteiger partial charge in [-0.25, -0.2) is 0 Å². The zero-order valence-corrected chi connectivity index (χ0v) is 32.8. The van der Waals surface area contributed by atoms with Crippen LogP contribution < -0.4 is 34.4 Å². The normalized spacial score (nSPS) is 6.00. The molecule has 0 aliphatic heterocycles. The lowest BCUT2D eigenvalue weighted by atomic mass is 10.4. The predicted molar refractivity (Wildman–Crippen MR) is 217 cm³/mol. The van der Waals surface area contributed by atoms with E-state index in [9.17, 15) is 0 Å². The minimum atomic E-state index is 0.750. The van der Waals surface area contributed by atoms with Gasteiger partial charge in [-0.1, -0.05) is 151 Å². The van der Waals surface area contributed by atoms with Crippen LogP contribution in [-0.4, -0.2) is 113 Å². The van der Waals surface area contributed by atoms with Gasteiger partial charge in [0.1, 0.15) is 0 Å². The first-order chi connectivity index (χ1) is 23.5. The fourth-order valence-electron chi connectivity index (χ4n) is 1.15. The fourth-order valence-corrected chi connectivity index (χ4v) is 1.15. The van der Waals surface area contributed by atoms with Crippen LogP contribution in [-0.2, 0) is 0 Å². The summed E-state index contributed by atoms with van der Waals surface area (Å²) in [5.41, 5.74) is 29.1. The molecule has 0 aliphatic carbocycles. The van der Waals surface area contributed by atoms with Gasteiger partial charge in [0.2, 0.25) is 0 Å². The van der Waals surface area contributed by atoms with Gasteiger partial charge < -0.3 is 65.0 Å². The smallest absolute Gasteiger partial charge is 0.0319 e. The summed E-state index contributed by atoms with van der Waals surface area (Å²) in [6.45, 7) is 15.9. The van der Waals surface area contributed by atoms with E-state index in [1.807, 2.05) is 151 Å². The quantitative estimate of drug-likeness (QED) is 0.162. The molecule has 294 valence electrons. The van der Waals surface area contributed by atoms with Gasteiger partial charge >= 0.3 is 0 Å². The van der Waals surface area contributed by atoms with Gasteiger partial charge in [0.15, 0.2) is 0 Å². The van der Waals surface area contributed by atoms with Gasteiger partial charge in [0.25, 0.3) is 0 Å². The van der Waals surface area contributed by atoms with Crippen molar-refractivity contribution in [1.29, 1.82) is 0 Å². The highest BCUT2D eigenvalue weighted by molar-refractivity contribution is 5.00. The molecule has 0 saturated carbocycles. The Morgan fingerprint density at radius 1 is 0.208 bits per heavy atom. The Bertz CT molecular complexity index is 411. The molecule has 0 amide bonds. The first kappa shape index (κ1) is 80.1. The summed E-state index contributed by atoms with van der Waals surface area (Å²) < 4.78 is 0. The zero-order chi connectivity index (χ0) is 41.0. The molecule has 3 aromatic rings. The molecule has 0 radical (unpaired) electrons. The van der Waals surface area contributed by atoms with Gasteiger partial charge in [-0.05, 0) is 39.3 Å². The molecule has 0 atom stereocenters. The number of hydrogen-bond donors (Lipinski definition) is 12. The van der Waals surface area contributed by atoms with E-state index in [1.54, 1.807) is 0 Å². The van der Waals surface area contributed by atoms with Crippen LogP contribution in [0.4, 0.5) is 0 Å². The zero-order valence-electron chi connectivity index (χ0n) is 32.8. The minimum Gasteiger partial charge on any atom is -0.400 e. The summed E-state index contributed by atoms with van der Waals surface area (Å²) >= 11 is 0. The van der Waals surface area contributed by atoms with Crippen LogP contribution in [0.2, 0.25) is 0 Å². The van der Waals surface area contributed by atoms with E-state index in [0.29, 0.717) is 0 Å². The first-order valence-electron chi connectivity index (χ1n) is 15.4. The Morgan fingerprint density at radius 2 is 0.229 bits per heavy atom. The number of aliphatic hydroxyl groups excluding tert-OH is 6. The molecule has 12 heteroatoms. The Labute approximate surface area is 297 Å². The largest absolute Gasteiger partial charge is 0.400 e. The summed E-state index contributed by atoms with van der Waals surface area (Å²) in [4.78, 5) is 0. The van der Waals surface area contributed by atoms with Crippen molar-refractivity contribution in [2.24, 2.45) is 34.4 Å². The highest BCUT2D eigenvalue weighted by atomic mass is 16.2. The van der Waals surface area contributed by atoms with Crippen LogP contribution in [0.3, 0.4) is 0 Å². The average Bonchev–Trinajstić information content (AvgIpc) is 3.18. The second kappa shape index (κ2) is 184. The third-order valence-electron chi connectivity index (χ3n) is 2.00. The number of rotatable bonds is 0. The monoisotopic (exact) mass is 697 g/mol. The molecular formula is C36H84N6O6. The van der Waals surface area contributed by atoms with Crippen LogP contribution in [0.25, 0.3) is 0 Å². The summed E-state index contributed by atoms with van der Waals surface area (Å²) in [7, 11) is 6.00. The highest BCUT2D eigenvalue weighted by Gasteiger charge is 1.59. The third-order valence-corrected chi connectivity index (χ3v) is 2.00. The second-order valence-corrected chi connectivity index (χ2v) is 5.91. The molecule has 0 fully saturated rings. The lowest BCUT2D eigenvalue weighted by molar-refractivity contribution is 0.399. The molecule has 0 bridgehead atoms. The average molecular weight is 697 g/mol. The van der Waals surface area contributed by atoms with E-state index >= 15 is 0 Å². The molecule has 0 spiro atoms. The molecule has 12 nitrogen and oxygen atoms in total. The van der Waals surface area contributed by atoms with Gasteiger partial charge in [-0.2, -0.15) is 0 Å². The van der Waals surface area contributed by atoms with E-state index in [2.05, 4.69) is 0 Å². The molecular weight excluding hydrogens is 612 g/mol. The maximum atomic E-state index is 7.00. The predicted octanol–water partition coefficient (Wildman–Crippen LogP) is 2.50. The van der Waals surface area contributed by atoms with Gasteiger partial charge in [-0.15, -0.1) is 0 Å². The third kappa shape index (κ3) is 333. The highest BCUT2D eigenvalue weighted by Crippen LogP contribution is 1.81. The molecule has 0 unspecified atom stereocenters.